The van der Waals surface area contributed by atoms with Gasteiger partial charge < -0.3 is 0 Å². The highest BCUT2D eigenvalue weighted by atomic mass is 31.2. The van der Waals surface area contributed by atoms with Crippen LogP contribution in [0.25, 0.3) is 0 Å². The average molecular weight is 253 g/mol. The van der Waals surface area contributed by atoms with Gasteiger partial charge in [-0.15, -0.1) is 0 Å². The highest BCUT2D eigenvalue weighted by molar-refractivity contribution is 7.44. The molecule has 0 aromatic rings. The van der Waals surface area contributed by atoms with Crippen molar-refractivity contribution in [2.24, 2.45) is 0 Å². The second-order valence-electron chi connectivity index (χ2n) is 3.77. The molecular formula is C10H24NO4P. The van der Waals surface area contributed by atoms with E-state index in [-0.39, 0.29) is 0 Å². The van der Waals surface area contributed by atoms with E-state index < -0.39 is 8.53 Å². The third-order valence-corrected chi connectivity index (χ3v) is 3.48. The van der Waals surface area contributed by atoms with Crippen LogP contribution in [0.5, 0.6) is 0 Å². The van der Waals surface area contributed by atoms with Crippen molar-refractivity contribution in [2.75, 3.05) is 13.2 Å². The molecule has 0 unspecified atom stereocenters. The summed E-state index contributed by atoms with van der Waals surface area (Å²) in [4.78, 5) is 9.91. The highest BCUT2D eigenvalue weighted by Gasteiger charge is 2.29. The molecule has 0 aliphatic carbocycles. The lowest BCUT2D eigenvalue weighted by Crippen LogP contribution is -2.33. The van der Waals surface area contributed by atoms with E-state index in [0.29, 0.717) is 25.3 Å². The van der Waals surface area contributed by atoms with E-state index >= 15 is 0 Å². The summed E-state index contributed by atoms with van der Waals surface area (Å²) < 4.78 is 12.5. The van der Waals surface area contributed by atoms with Gasteiger partial charge in [0.15, 0.2) is 0 Å². The minimum Gasteiger partial charge on any atom is -0.230 e. The van der Waals surface area contributed by atoms with Gasteiger partial charge >= 0.3 is 8.53 Å². The maximum Gasteiger partial charge on any atom is 0.324 e. The minimum atomic E-state index is -1.33. The molecule has 0 aromatic carbocycles. The van der Waals surface area contributed by atoms with Gasteiger partial charge in [-0.2, -0.15) is 9.35 Å². The molecule has 0 amide bonds. The summed E-state index contributed by atoms with van der Waals surface area (Å²) in [6, 6.07) is 0.596. The number of nitrogens with zero attached hydrogens (tertiary/aromatic N) is 1. The number of hydrogen-bond donors (Lipinski definition) is 0. The van der Waals surface area contributed by atoms with Crippen molar-refractivity contribution in [3.8, 4) is 0 Å². The van der Waals surface area contributed by atoms with Gasteiger partial charge in [-0.1, -0.05) is 0 Å². The van der Waals surface area contributed by atoms with Crippen molar-refractivity contribution in [3.05, 3.63) is 0 Å². The second-order valence-corrected chi connectivity index (χ2v) is 5.00. The summed E-state index contributed by atoms with van der Waals surface area (Å²) in [5, 5.41) is 0. The molecule has 16 heavy (non-hydrogen) atoms. The fourth-order valence-electron chi connectivity index (χ4n) is 1.26. The highest BCUT2D eigenvalue weighted by Crippen LogP contribution is 2.46. The van der Waals surface area contributed by atoms with Gasteiger partial charge in [0.25, 0.3) is 0 Å². The van der Waals surface area contributed by atoms with E-state index in [0.717, 1.165) is 0 Å². The van der Waals surface area contributed by atoms with Gasteiger partial charge in [-0.3, -0.25) is 0 Å². The molecule has 98 valence electrons. The molecule has 0 aliphatic rings. The summed E-state index contributed by atoms with van der Waals surface area (Å²) in [5.74, 6) is 0. The zero-order valence-electron chi connectivity index (χ0n) is 11.1. The van der Waals surface area contributed by atoms with Crippen LogP contribution in [0, 0.1) is 0 Å². The molecule has 0 N–H and O–H groups in total. The zero-order chi connectivity index (χ0) is 12.6. The fourth-order valence-corrected chi connectivity index (χ4v) is 2.58. The third-order valence-electron chi connectivity index (χ3n) is 1.72. The lowest BCUT2D eigenvalue weighted by Gasteiger charge is -2.33. The maximum atomic E-state index is 5.22. The fraction of sp³-hybridized carbons (Fsp3) is 1.00. The SMILES string of the molecule is CCOOP(OOCC)N(C(C)C)C(C)C. The topological polar surface area (TPSA) is 40.2 Å². The Hall–Kier alpha value is 0.230. The molecule has 0 atom stereocenters. The normalized spacial score (nSPS) is 12.4. The molecular weight excluding hydrogens is 229 g/mol. The molecule has 0 aromatic heterocycles. The third kappa shape index (κ3) is 6.09. The van der Waals surface area contributed by atoms with Crippen LogP contribution in [0.1, 0.15) is 41.5 Å². The van der Waals surface area contributed by atoms with E-state index in [1.165, 1.54) is 0 Å². The summed E-state index contributed by atoms with van der Waals surface area (Å²) in [6.07, 6.45) is 0. The molecule has 0 fully saturated rings. The Morgan fingerprint density at radius 3 is 1.50 bits per heavy atom. The molecule has 0 radical (unpaired) electrons. The summed E-state index contributed by atoms with van der Waals surface area (Å²) in [7, 11) is -1.33. The van der Waals surface area contributed by atoms with Crippen LogP contribution >= 0.6 is 8.53 Å². The molecule has 0 heterocycles. The van der Waals surface area contributed by atoms with Gasteiger partial charge in [0.2, 0.25) is 0 Å². The second kappa shape index (κ2) is 9.28. The van der Waals surface area contributed by atoms with Crippen molar-refractivity contribution < 1.29 is 19.1 Å². The summed E-state index contributed by atoms with van der Waals surface area (Å²) in [5.41, 5.74) is 0. The Morgan fingerprint density at radius 2 is 1.25 bits per heavy atom. The molecule has 6 heteroatoms. The first-order valence-corrected chi connectivity index (χ1v) is 6.85. The first-order chi connectivity index (χ1) is 7.54. The van der Waals surface area contributed by atoms with E-state index in [2.05, 4.69) is 32.4 Å². The van der Waals surface area contributed by atoms with Crippen LogP contribution in [0.4, 0.5) is 0 Å². The standard InChI is InChI=1S/C10H24NO4P/c1-7-12-14-16(15-13-8-2)11(9(3)4)10(5)6/h9-10H,7-8H2,1-6H3. The van der Waals surface area contributed by atoms with E-state index in [1.807, 2.05) is 13.8 Å². The lowest BCUT2D eigenvalue weighted by atomic mass is 10.3. The molecule has 0 aliphatic heterocycles. The van der Waals surface area contributed by atoms with Gasteiger partial charge in [0, 0.05) is 12.1 Å². The molecule has 0 spiro atoms. The van der Waals surface area contributed by atoms with Crippen molar-refractivity contribution in [2.45, 2.75) is 53.6 Å². The first kappa shape index (κ1) is 16.2. The van der Waals surface area contributed by atoms with Crippen LogP contribution in [-0.4, -0.2) is 30.0 Å². The minimum absolute atomic E-state index is 0.298. The maximum absolute atomic E-state index is 5.22. The molecule has 0 saturated carbocycles. The lowest BCUT2D eigenvalue weighted by molar-refractivity contribution is -0.261. The van der Waals surface area contributed by atoms with Crippen LogP contribution in [0.15, 0.2) is 0 Å². The summed E-state index contributed by atoms with van der Waals surface area (Å²) in [6.45, 7) is 13.0. The monoisotopic (exact) mass is 253 g/mol. The van der Waals surface area contributed by atoms with E-state index in [9.17, 15) is 0 Å². The van der Waals surface area contributed by atoms with Crippen LogP contribution in [0.3, 0.4) is 0 Å². The molecule has 0 bridgehead atoms. The Balaban J connectivity index is 4.40. The van der Waals surface area contributed by atoms with Crippen molar-refractivity contribution >= 4 is 8.53 Å². The van der Waals surface area contributed by atoms with Gasteiger partial charge in [0.05, 0.1) is 13.2 Å². The smallest absolute Gasteiger partial charge is 0.230 e. The molecule has 0 saturated heterocycles. The van der Waals surface area contributed by atoms with E-state index in [4.69, 9.17) is 19.1 Å². The first-order valence-electron chi connectivity index (χ1n) is 5.72. The van der Waals surface area contributed by atoms with Gasteiger partial charge in [-0.25, -0.2) is 14.4 Å². The average Bonchev–Trinajstić information content (AvgIpc) is 2.20. The Bertz CT molecular complexity index is 153. The molecule has 5 nitrogen and oxygen atoms in total. The van der Waals surface area contributed by atoms with Crippen LogP contribution in [0.2, 0.25) is 0 Å². The predicted octanol–water partition coefficient (Wildman–Crippen LogP) is 3.27. The van der Waals surface area contributed by atoms with E-state index in [1.54, 1.807) is 0 Å². The van der Waals surface area contributed by atoms with Crippen molar-refractivity contribution in [3.63, 3.8) is 0 Å². The van der Waals surface area contributed by atoms with Gasteiger partial charge in [-0.05, 0) is 41.5 Å². The van der Waals surface area contributed by atoms with Crippen LogP contribution in [-0.2, 0) is 19.1 Å². The molecule has 0 rings (SSSR count). The summed E-state index contributed by atoms with van der Waals surface area (Å²) >= 11 is 0. The zero-order valence-corrected chi connectivity index (χ0v) is 12.0. The number of rotatable bonds is 9. The quantitative estimate of drug-likeness (QED) is 0.358. The van der Waals surface area contributed by atoms with Gasteiger partial charge in [0.1, 0.15) is 0 Å². The predicted molar refractivity (Wildman–Crippen MR) is 64.5 cm³/mol. The Kier molecular flexibility index (Phi) is 9.41. The Labute approximate surface area is 99.8 Å². The number of hydrogen-bond acceptors (Lipinski definition) is 5. The van der Waals surface area contributed by atoms with Crippen LogP contribution < -0.4 is 0 Å². The largest absolute Gasteiger partial charge is 0.324 e. The Morgan fingerprint density at radius 1 is 0.875 bits per heavy atom. The van der Waals surface area contributed by atoms with Crippen molar-refractivity contribution in [1.82, 2.24) is 4.67 Å². The van der Waals surface area contributed by atoms with Crippen molar-refractivity contribution in [1.29, 1.82) is 0 Å².